The van der Waals surface area contributed by atoms with E-state index in [0.29, 0.717) is 11.0 Å². The lowest BCUT2D eigenvalue weighted by atomic mass is 10.1. The SMILES string of the molecule is Cc1ccc(OCc2nnc(S[C@H](C)c3ccc(F)cc3)n2N)c(C)c1. The van der Waals surface area contributed by atoms with E-state index in [1.54, 1.807) is 12.1 Å². The number of nitrogen functional groups attached to an aromatic ring is 1. The van der Waals surface area contributed by atoms with Crippen LogP contribution >= 0.6 is 11.8 Å². The van der Waals surface area contributed by atoms with Crippen LogP contribution in [0.25, 0.3) is 0 Å². The third-order valence-corrected chi connectivity index (χ3v) is 5.16. The highest BCUT2D eigenvalue weighted by Gasteiger charge is 2.16. The zero-order chi connectivity index (χ0) is 18.7. The van der Waals surface area contributed by atoms with Crippen molar-refractivity contribution in [3.8, 4) is 5.75 Å². The van der Waals surface area contributed by atoms with Crippen LogP contribution in [0, 0.1) is 19.7 Å². The fourth-order valence-electron chi connectivity index (χ4n) is 2.55. The fourth-order valence-corrected chi connectivity index (χ4v) is 3.47. The Morgan fingerprint density at radius 3 is 2.58 bits per heavy atom. The molecule has 0 spiro atoms. The van der Waals surface area contributed by atoms with E-state index in [1.165, 1.54) is 34.1 Å². The molecule has 5 nitrogen and oxygen atoms in total. The summed E-state index contributed by atoms with van der Waals surface area (Å²) in [5.74, 6) is 7.20. The van der Waals surface area contributed by atoms with Crippen LogP contribution in [0.5, 0.6) is 5.75 Å². The predicted molar refractivity (Wildman–Crippen MR) is 101 cm³/mol. The average Bonchev–Trinajstić information content (AvgIpc) is 2.95. The topological polar surface area (TPSA) is 66.0 Å². The first-order chi connectivity index (χ1) is 12.4. The summed E-state index contributed by atoms with van der Waals surface area (Å²) in [5, 5.41) is 8.91. The smallest absolute Gasteiger partial charge is 0.210 e. The highest BCUT2D eigenvalue weighted by atomic mass is 32.2. The number of aryl methyl sites for hydroxylation is 2. The Kier molecular flexibility index (Phi) is 5.46. The summed E-state index contributed by atoms with van der Waals surface area (Å²) < 4.78 is 20.3. The van der Waals surface area contributed by atoms with Crippen LogP contribution in [0.3, 0.4) is 0 Å². The second kappa shape index (κ2) is 7.78. The molecular weight excluding hydrogens is 351 g/mol. The molecule has 0 unspecified atom stereocenters. The van der Waals surface area contributed by atoms with Crippen LogP contribution in [0.1, 0.15) is 34.7 Å². The summed E-state index contributed by atoms with van der Waals surface area (Å²) in [6.45, 7) is 6.29. The molecule has 2 N–H and O–H groups in total. The number of nitrogens with zero attached hydrogens (tertiary/aromatic N) is 3. The van der Waals surface area contributed by atoms with E-state index >= 15 is 0 Å². The van der Waals surface area contributed by atoms with Crippen LogP contribution < -0.4 is 10.6 Å². The Morgan fingerprint density at radius 1 is 1.15 bits per heavy atom. The summed E-state index contributed by atoms with van der Waals surface area (Å²) in [7, 11) is 0. The number of ether oxygens (including phenoxy) is 1. The van der Waals surface area contributed by atoms with Gasteiger partial charge in [-0.25, -0.2) is 9.07 Å². The standard InChI is InChI=1S/C19H21FN4OS/c1-12-4-9-17(13(2)10-12)25-11-18-22-23-19(24(18)21)26-14(3)15-5-7-16(20)8-6-15/h4-10,14H,11,21H2,1-3H3/t14-/m1/s1. The third-order valence-electron chi connectivity index (χ3n) is 4.04. The van der Waals surface area contributed by atoms with Crippen LogP contribution in [0.2, 0.25) is 0 Å². The Morgan fingerprint density at radius 2 is 1.88 bits per heavy atom. The van der Waals surface area contributed by atoms with Crippen molar-refractivity contribution in [1.29, 1.82) is 0 Å². The van der Waals surface area contributed by atoms with Gasteiger partial charge >= 0.3 is 0 Å². The highest BCUT2D eigenvalue weighted by Crippen LogP contribution is 2.33. The first-order valence-corrected chi connectivity index (χ1v) is 9.13. The summed E-state index contributed by atoms with van der Waals surface area (Å²) >= 11 is 1.46. The summed E-state index contributed by atoms with van der Waals surface area (Å²) in [6, 6.07) is 12.4. The number of nitrogens with two attached hydrogens (primary N) is 1. The predicted octanol–water partition coefficient (Wildman–Crippen LogP) is 4.18. The van der Waals surface area contributed by atoms with Crippen LogP contribution in [0.4, 0.5) is 4.39 Å². The lowest BCUT2D eigenvalue weighted by Crippen LogP contribution is -2.16. The van der Waals surface area contributed by atoms with Gasteiger partial charge in [0.25, 0.3) is 0 Å². The molecule has 0 radical (unpaired) electrons. The first-order valence-electron chi connectivity index (χ1n) is 8.25. The van der Waals surface area contributed by atoms with Gasteiger partial charge in [0, 0.05) is 5.25 Å². The first kappa shape index (κ1) is 18.3. The quantitative estimate of drug-likeness (QED) is 0.519. The molecule has 0 fully saturated rings. The molecule has 1 heterocycles. The summed E-state index contributed by atoms with van der Waals surface area (Å²) in [5.41, 5.74) is 3.24. The minimum Gasteiger partial charge on any atom is -0.485 e. The summed E-state index contributed by atoms with van der Waals surface area (Å²) in [6.07, 6.45) is 0. The van der Waals surface area contributed by atoms with E-state index in [2.05, 4.69) is 16.3 Å². The molecule has 3 rings (SSSR count). The number of thioether (sulfide) groups is 1. The van der Waals surface area contributed by atoms with E-state index in [9.17, 15) is 4.39 Å². The maximum atomic E-state index is 13.1. The average molecular weight is 372 g/mol. The van der Waals surface area contributed by atoms with Gasteiger partial charge in [0.05, 0.1) is 0 Å². The van der Waals surface area contributed by atoms with Crippen molar-refractivity contribution in [2.75, 3.05) is 5.84 Å². The Balaban J connectivity index is 1.66. The molecule has 1 atom stereocenters. The molecule has 0 saturated carbocycles. The molecule has 7 heteroatoms. The van der Waals surface area contributed by atoms with E-state index < -0.39 is 0 Å². The van der Waals surface area contributed by atoms with Crippen molar-refractivity contribution < 1.29 is 9.13 Å². The number of hydrogen-bond acceptors (Lipinski definition) is 5. The fraction of sp³-hybridized carbons (Fsp3) is 0.263. The molecule has 136 valence electrons. The van der Waals surface area contributed by atoms with Gasteiger partial charge in [-0.1, -0.05) is 41.6 Å². The molecule has 0 saturated heterocycles. The molecule has 1 aromatic heterocycles. The van der Waals surface area contributed by atoms with Gasteiger partial charge in [-0.3, -0.25) is 0 Å². The van der Waals surface area contributed by atoms with Gasteiger partial charge in [0.2, 0.25) is 5.16 Å². The van der Waals surface area contributed by atoms with E-state index in [4.69, 9.17) is 10.6 Å². The second-order valence-corrected chi connectivity index (χ2v) is 7.45. The zero-order valence-electron chi connectivity index (χ0n) is 14.9. The van der Waals surface area contributed by atoms with Crippen molar-refractivity contribution in [2.24, 2.45) is 0 Å². The second-order valence-electron chi connectivity index (χ2n) is 6.14. The molecule has 0 aliphatic heterocycles. The van der Waals surface area contributed by atoms with E-state index in [-0.39, 0.29) is 17.7 Å². The minimum atomic E-state index is -0.251. The Bertz CT molecular complexity index is 895. The molecule has 3 aromatic rings. The van der Waals surface area contributed by atoms with Gasteiger partial charge in [0.1, 0.15) is 18.2 Å². The van der Waals surface area contributed by atoms with Crippen molar-refractivity contribution >= 4 is 11.8 Å². The summed E-state index contributed by atoms with van der Waals surface area (Å²) in [4.78, 5) is 0. The van der Waals surface area contributed by atoms with Crippen LogP contribution in [-0.2, 0) is 6.61 Å². The van der Waals surface area contributed by atoms with E-state index in [1.807, 2.05) is 32.9 Å². The highest BCUT2D eigenvalue weighted by molar-refractivity contribution is 7.99. The number of halogens is 1. The third kappa shape index (κ3) is 4.16. The normalized spacial score (nSPS) is 12.2. The van der Waals surface area contributed by atoms with Crippen molar-refractivity contribution in [2.45, 2.75) is 37.8 Å². The lowest BCUT2D eigenvalue weighted by molar-refractivity contribution is 0.289. The number of hydrogen-bond donors (Lipinski definition) is 1. The van der Waals surface area contributed by atoms with Crippen LogP contribution in [-0.4, -0.2) is 14.9 Å². The van der Waals surface area contributed by atoms with Crippen molar-refractivity contribution in [1.82, 2.24) is 14.9 Å². The maximum absolute atomic E-state index is 13.1. The van der Waals surface area contributed by atoms with Gasteiger partial charge in [-0.05, 0) is 50.1 Å². The Hall–Kier alpha value is -2.54. The lowest BCUT2D eigenvalue weighted by Gasteiger charge is -2.12. The molecule has 0 bridgehead atoms. The number of aromatic nitrogens is 3. The largest absolute Gasteiger partial charge is 0.485 e. The molecule has 0 aliphatic rings. The monoisotopic (exact) mass is 372 g/mol. The molecule has 2 aromatic carbocycles. The maximum Gasteiger partial charge on any atom is 0.210 e. The molecule has 26 heavy (non-hydrogen) atoms. The molecular formula is C19H21FN4OS. The van der Waals surface area contributed by atoms with Crippen molar-refractivity contribution in [3.63, 3.8) is 0 Å². The zero-order valence-corrected chi connectivity index (χ0v) is 15.8. The molecule has 0 amide bonds. The van der Waals surface area contributed by atoms with Gasteiger partial charge in [0.15, 0.2) is 5.82 Å². The van der Waals surface area contributed by atoms with Gasteiger partial charge in [-0.15, -0.1) is 10.2 Å². The molecule has 0 aliphatic carbocycles. The number of benzene rings is 2. The number of rotatable bonds is 6. The van der Waals surface area contributed by atoms with Crippen molar-refractivity contribution in [3.05, 3.63) is 70.8 Å². The van der Waals surface area contributed by atoms with Crippen LogP contribution in [0.15, 0.2) is 47.6 Å². The minimum absolute atomic E-state index is 0.0650. The Labute approximate surface area is 156 Å². The van der Waals surface area contributed by atoms with E-state index in [0.717, 1.165) is 16.9 Å². The van der Waals surface area contributed by atoms with Gasteiger partial charge in [-0.2, -0.15) is 0 Å². The van der Waals surface area contributed by atoms with Gasteiger partial charge < -0.3 is 10.6 Å².